The molecule has 0 radical (unpaired) electrons. The van der Waals surface area contributed by atoms with Crippen molar-refractivity contribution in [1.82, 2.24) is 14.5 Å². The van der Waals surface area contributed by atoms with Gasteiger partial charge in [-0.2, -0.15) is 0 Å². The number of piperidine rings is 1. The highest BCUT2D eigenvalue weighted by molar-refractivity contribution is 7.99. The minimum Gasteiger partial charge on any atom is -0.448 e. The average molecular weight is 357 g/mol. The summed E-state index contributed by atoms with van der Waals surface area (Å²) < 4.78 is 7.12. The molecule has 1 fully saturated rings. The van der Waals surface area contributed by atoms with Gasteiger partial charge in [-0.25, -0.2) is 4.98 Å². The Morgan fingerprint density at radius 1 is 1.24 bits per heavy atom. The number of para-hydroxylation sites is 1. The molecule has 1 aliphatic heterocycles. The molecular weight excluding hydrogens is 338 g/mol. The monoisotopic (exact) mass is 357 g/mol. The summed E-state index contributed by atoms with van der Waals surface area (Å²) in [5.41, 5.74) is 1.24. The molecular formula is C18H19N3O3S. The van der Waals surface area contributed by atoms with Gasteiger partial charge in [0.1, 0.15) is 11.1 Å². The number of carbonyl (C=O) groups is 1. The molecule has 0 N–H and O–H groups in total. The summed E-state index contributed by atoms with van der Waals surface area (Å²) in [7, 11) is 1.66. The number of carbonyl (C=O) groups excluding carboxylic acids is 1. The lowest BCUT2D eigenvalue weighted by molar-refractivity contribution is -0.129. The molecule has 0 bridgehead atoms. The molecule has 0 unspecified atom stereocenters. The van der Waals surface area contributed by atoms with Gasteiger partial charge in [0.2, 0.25) is 11.5 Å². The van der Waals surface area contributed by atoms with Gasteiger partial charge in [-0.3, -0.25) is 14.2 Å². The Balaban J connectivity index is 1.65. The van der Waals surface area contributed by atoms with Gasteiger partial charge in [0.05, 0.1) is 5.75 Å². The van der Waals surface area contributed by atoms with Crippen molar-refractivity contribution in [1.29, 1.82) is 0 Å². The van der Waals surface area contributed by atoms with E-state index in [1.54, 1.807) is 7.05 Å². The number of fused-ring (bicyclic) bond motifs is 3. The Hall–Kier alpha value is -2.28. The second kappa shape index (κ2) is 6.55. The van der Waals surface area contributed by atoms with E-state index in [1.165, 1.54) is 22.7 Å². The van der Waals surface area contributed by atoms with E-state index in [9.17, 15) is 9.59 Å². The minimum atomic E-state index is -0.228. The number of thioether (sulfide) groups is 1. The highest BCUT2D eigenvalue weighted by atomic mass is 32.2. The van der Waals surface area contributed by atoms with E-state index in [-0.39, 0.29) is 17.0 Å². The summed E-state index contributed by atoms with van der Waals surface area (Å²) in [6.07, 6.45) is 3.33. The third kappa shape index (κ3) is 2.93. The van der Waals surface area contributed by atoms with Crippen LogP contribution in [0.2, 0.25) is 0 Å². The van der Waals surface area contributed by atoms with Crippen molar-refractivity contribution in [3.63, 3.8) is 0 Å². The molecule has 25 heavy (non-hydrogen) atoms. The highest BCUT2D eigenvalue weighted by Gasteiger charge is 2.19. The summed E-state index contributed by atoms with van der Waals surface area (Å²) in [6.45, 7) is 1.66. The molecule has 7 heteroatoms. The molecule has 3 heterocycles. The Morgan fingerprint density at radius 3 is 2.80 bits per heavy atom. The molecule has 0 saturated carbocycles. The second-order valence-electron chi connectivity index (χ2n) is 6.26. The lowest BCUT2D eigenvalue weighted by Gasteiger charge is -2.26. The SMILES string of the molecule is Cn1c(SCC(=O)N2CCCCC2)nc2c(oc3ccccc32)c1=O. The first-order valence-corrected chi connectivity index (χ1v) is 9.42. The van der Waals surface area contributed by atoms with E-state index in [4.69, 9.17) is 4.42 Å². The molecule has 1 aromatic carbocycles. The molecule has 3 aromatic rings. The van der Waals surface area contributed by atoms with E-state index in [2.05, 4.69) is 4.98 Å². The molecule has 0 atom stereocenters. The maximum absolute atomic E-state index is 12.6. The molecule has 6 nitrogen and oxygen atoms in total. The quantitative estimate of drug-likeness (QED) is 0.533. The van der Waals surface area contributed by atoms with E-state index in [1.807, 2.05) is 29.2 Å². The van der Waals surface area contributed by atoms with Gasteiger partial charge in [0, 0.05) is 25.5 Å². The number of nitrogens with zero attached hydrogens (tertiary/aromatic N) is 3. The molecule has 1 saturated heterocycles. The summed E-state index contributed by atoms with van der Waals surface area (Å²) in [4.78, 5) is 31.5. The molecule has 0 aliphatic carbocycles. The largest absolute Gasteiger partial charge is 0.448 e. The number of aromatic nitrogens is 2. The number of rotatable bonds is 3. The Kier molecular flexibility index (Phi) is 4.25. The summed E-state index contributed by atoms with van der Waals surface area (Å²) in [5.74, 6) is 0.401. The van der Waals surface area contributed by atoms with E-state index in [0.717, 1.165) is 31.3 Å². The average Bonchev–Trinajstić information content (AvgIpc) is 3.03. The fourth-order valence-corrected chi connectivity index (χ4v) is 4.06. The molecule has 2 aromatic heterocycles. The van der Waals surface area contributed by atoms with Crippen molar-refractivity contribution < 1.29 is 9.21 Å². The van der Waals surface area contributed by atoms with Gasteiger partial charge in [0.25, 0.3) is 5.56 Å². The lowest BCUT2D eigenvalue weighted by Crippen LogP contribution is -2.36. The zero-order chi connectivity index (χ0) is 17.4. The van der Waals surface area contributed by atoms with Crippen LogP contribution in [-0.2, 0) is 11.8 Å². The third-order valence-electron chi connectivity index (χ3n) is 4.60. The van der Waals surface area contributed by atoms with Crippen LogP contribution in [0.3, 0.4) is 0 Å². The van der Waals surface area contributed by atoms with Gasteiger partial charge in [-0.05, 0) is 31.4 Å². The van der Waals surface area contributed by atoms with Crippen LogP contribution >= 0.6 is 11.8 Å². The van der Waals surface area contributed by atoms with Crippen molar-refractivity contribution in [3.05, 3.63) is 34.6 Å². The maximum Gasteiger partial charge on any atom is 0.297 e. The topological polar surface area (TPSA) is 68.3 Å². The van der Waals surface area contributed by atoms with Crippen LogP contribution < -0.4 is 5.56 Å². The van der Waals surface area contributed by atoms with Crippen LogP contribution in [-0.4, -0.2) is 39.2 Å². The van der Waals surface area contributed by atoms with Crippen LogP contribution in [0.15, 0.2) is 38.6 Å². The molecule has 0 spiro atoms. The molecule has 1 aliphatic rings. The number of likely N-dealkylation sites (tertiary alicyclic amines) is 1. The fraction of sp³-hybridized carbons (Fsp3) is 0.389. The Labute approximate surface area is 148 Å². The summed E-state index contributed by atoms with van der Waals surface area (Å²) in [5, 5.41) is 1.36. The van der Waals surface area contributed by atoms with Crippen molar-refractivity contribution in [2.24, 2.45) is 7.05 Å². The van der Waals surface area contributed by atoms with E-state index in [0.29, 0.717) is 22.0 Å². The van der Waals surface area contributed by atoms with Crippen LogP contribution in [0.25, 0.3) is 22.1 Å². The Morgan fingerprint density at radius 2 is 2.00 bits per heavy atom. The van der Waals surface area contributed by atoms with Gasteiger partial charge in [0.15, 0.2) is 5.16 Å². The van der Waals surface area contributed by atoms with Crippen molar-refractivity contribution in [3.8, 4) is 0 Å². The van der Waals surface area contributed by atoms with Crippen LogP contribution in [0, 0.1) is 0 Å². The summed E-state index contributed by atoms with van der Waals surface area (Å²) in [6, 6.07) is 7.47. The normalized spacial score (nSPS) is 15.2. The number of hydrogen-bond acceptors (Lipinski definition) is 5. The number of benzene rings is 1. The summed E-state index contributed by atoms with van der Waals surface area (Å²) >= 11 is 1.31. The first-order valence-electron chi connectivity index (χ1n) is 8.44. The van der Waals surface area contributed by atoms with Crippen LogP contribution in [0.4, 0.5) is 0 Å². The standard InChI is InChI=1S/C18H19N3O3S/c1-20-17(23)16-15(12-7-3-4-8-13(12)24-16)19-18(20)25-11-14(22)21-9-5-2-6-10-21/h3-4,7-8H,2,5-6,9-11H2,1H3. The van der Waals surface area contributed by atoms with Gasteiger partial charge < -0.3 is 9.32 Å². The predicted molar refractivity (Wildman–Crippen MR) is 97.9 cm³/mol. The van der Waals surface area contributed by atoms with Crippen molar-refractivity contribution in [2.75, 3.05) is 18.8 Å². The first kappa shape index (κ1) is 16.2. The Bertz CT molecular complexity index is 1000. The van der Waals surface area contributed by atoms with Crippen molar-refractivity contribution in [2.45, 2.75) is 24.4 Å². The maximum atomic E-state index is 12.6. The zero-order valence-electron chi connectivity index (χ0n) is 14.0. The molecule has 1 amide bonds. The second-order valence-corrected chi connectivity index (χ2v) is 7.21. The smallest absolute Gasteiger partial charge is 0.297 e. The van der Waals surface area contributed by atoms with E-state index >= 15 is 0 Å². The van der Waals surface area contributed by atoms with E-state index < -0.39 is 0 Å². The lowest BCUT2D eigenvalue weighted by atomic mass is 10.1. The predicted octanol–water partition coefficient (Wildman–Crippen LogP) is 2.78. The minimum absolute atomic E-state index is 0.107. The zero-order valence-corrected chi connectivity index (χ0v) is 14.8. The highest BCUT2D eigenvalue weighted by Crippen LogP contribution is 2.27. The number of furan rings is 1. The van der Waals surface area contributed by atoms with Crippen LogP contribution in [0.5, 0.6) is 0 Å². The number of hydrogen-bond donors (Lipinski definition) is 0. The van der Waals surface area contributed by atoms with Crippen LogP contribution in [0.1, 0.15) is 19.3 Å². The number of amides is 1. The fourth-order valence-electron chi connectivity index (χ4n) is 3.19. The molecule has 130 valence electrons. The third-order valence-corrected chi connectivity index (χ3v) is 5.61. The van der Waals surface area contributed by atoms with Gasteiger partial charge in [-0.1, -0.05) is 23.9 Å². The molecule has 4 rings (SSSR count). The first-order chi connectivity index (χ1) is 12.1. The van der Waals surface area contributed by atoms with Crippen molar-refractivity contribution >= 4 is 39.7 Å². The van der Waals surface area contributed by atoms with Gasteiger partial charge in [-0.15, -0.1) is 0 Å². The van der Waals surface area contributed by atoms with Gasteiger partial charge >= 0.3 is 0 Å².